The highest BCUT2D eigenvalue weighted by atomic mass is 19.1. The first-order chi connectivity index (χ1) is 14.8. The molecule has 7 heteroatoms. The van der Waals surface area contributed by atoms with Gasteiger partial charge in [-0.2, -0.15) is 0 Å². The molecule has 2 fully saturated rings. The molecule has 2 aliphatic rings. The number of amides is 2. The van der Waals surface area contributed by atoms with Crippen molar-refractivity contribution < 1.29 is 18.5 Å². The molecular formula is C24H32FN3O3. The third-order valence-corrected chi connectivity index (χ3v) is 5.66. The molecule has 1 aliphatic heterocycles. The van der Waals surface area contributed by atoms with Crippen LogP contribution in [0.25, 0.3) is 11.3 Å². The second kappa shape index (κ2) is 10.1. The van der Waals surface area contributed by atoms with Gasteiger partial charge in [0.25, 0.3) is 5.91 Å². The molecule has 31 heavy (non-hydrogen) atoms. The van der Waals surface area contributed by atoms with Crippen molar-refractivity contribution in [1.82, 2.24) is 15.4 Å². The van der Waals surface area contributed by atoms with Gasteiger partial charge in [-0.05, 0) is 55.9 Å². The van der Waals surface area contributed by atoms with Gasteiger partial charge >= 0.3 is 0 Å². The van der Waals surface area contributed by atoms with Gasteiger partial charge in [0.15, 0.2) is 11.5 Å². The Bertz CT molecular complexity index is 885. The number of piperazine rings is 1. The van der Waals surface area contributed by atoms with Crippen LogP contribution in [0.15, 0.2) is 34.9 Å². The average Bonchev–Trinajstić information content (AvgIpc) is 3.42. The van der Waals surface area contributed by atoms with Crippen LogP contribution in [0.1, 0.15) is 63.9 Å². The molecule has 2 atom stereocenters. The number of halogens is 1. The lowest BCUT2D eigenvalue weighted by Gasteiger charge is -2.39. The first-order valence-corrected chi connectivity index (χ1v) is 11.1. The van der Waals surface area contributed by atoms with Gasteiger partial charge in [0, 0.05) is 24.2 Å². The Hall–Kier alpha value is -2.70. The summed E-state index contributed by atoms with van der Waals surface area (Å²) in [6.45, 7) is 8.70. The largest absolute Gasteiger partial charge is 0.355 e. The summed E-state index contributed by atoms with van der Waals surface area (Å²) in [6, 6.07) is 6.75. The fourth-order valence-electron chi connectivity index (χ4n) is 4.02. The maximum absolute atomic E-state index is 13.1. The third-order valence-electron chi connectivity index (χ3n) is 5.66. The summed E-state index contributed by atoms with van der Waals surface area (Å²) in [5.41, 5.74) is 0.789. The Balaban J connectivity index is 0.000000628. The van der Waals surface area contributed by atoms with Gasteiger partial charge in [-0.3, -0.25) is 9.59 Å². The number of rotatable bonds is 3. The van der Waals surface area contributed by atoms with E-state index in [-0.39, 0.29) is 29.4 Å². The lowest BCUT2D eigenvalue weighted by Crippen LogP contribution is -2.62. The van der Waals surface area contributed by atoms with Gasteiger partial charge in [-0.1, -0.05) is 38.8 Å². The summed E-state index contributed by atoms with van der Waals surface area (Å²) in [7, 11) is 0. The van der Waals surface area contributed by atoms with Crippen LogP contribution < -0.4 is 5.32 Å². The highest BCUT2D eigenvalue weighted by Crippen LogP contribution is 2.30. The zero-order chi connectivity index (χ0) is 22.5. The van der Waals surface area contributed by atoms with Gasteiger partial charge in [0.2, 0.25) is 5.91 Å². The molecule has 2 aromatic rings. The molecule has 4 rings (SSSR count). The van der Waals surface area contributed by atoms with Gasteiger partial charge in [-0.15, -0.1) is 0 Å². The van der Waals surface area contributed by atoms with Crippen LogP contribution in [0.4, 0.5) is 4.39 Å². The number of hydrogen-bond donors (Lipinski definition) is 1. The van der Waals surface area contributed by atoms with Gasteiger partial charge in [0.1, 0.15) is 11.9 Å². The molecule has 2 amide bonds. The van der Waals surface area contributed by atoms with Crippen molar-refractivity contribution in [2.75, 3.05) is 6.54 Å². The van der Waals surface area contributed by atoms with E-state index in [1.165, 1.54) is 25.0 Å². The van der Waals surface area contributed by atoms with Gasteiger partial charge in [-0.25, -0.2) is 4.39 Å². The van der Waals surface area contributed by atoms with Gasteiger partial charge < -0.3 is 14.7 Å². The zero-order valence-electron chi connectivity index (χ0n) is 18.7. The van der Waals surface area contributed by atoms with Crippen LogP contribution in [-0.2, 0) is 4.79 Å². The average molecular weight is 430 g/mol. The molecule has 1 aliphatic carbocycles. The highest BCUT2D eigenvalue weighted by Gasteiger charge is 2.39. The first-order valence-electron chi connectivity index (χ1n) is 11.1. The van der Waals surface area contributed by atoms with Crippen molar-refractivity contribution in [2.24, 2.45) is 11.8 Å². The van der Waals surface area contributed by atoms with Crippen molar-refractivity contribution in [3.63, 3.8) is 0 Å². The highest BCUT2D eigenvalue weighted by molar-refractivity contribution is 5.97. The van der Waals surface area contributed by atoms with E-state index >= 15 is 0 Å². The van der Waals surface area contributed by atoms with Crippen LogP contribution in [0.2, 0.25) is 0 Å². The molecule has 1 saturated heterocycles. The van der Waals surface area contributed by atoms with Crippen molar-refractivity contribution in [2.45, 2.75) is 65.5 Å². The van der Waals surface area contributed by atoms with Crippen LogP contribution in [0.5, 0.6) is 0 Å². The van der Waals surface area contributed by atoms with E-state index in [1.807, 2.05) is 0 Å². The van der Waals surface area contributed by atoms with E-state index in [0.29, 0.717) is 23.8 Å². The van der Waals surface area contributed by atoms with Crippen molar-refractivity contribution in [1.29, 1.82) is 0 Å². The molecule has 1 N–H and O–H groups in total. The summed E-state index contributed by atoms with van der Waals surface area (Å²) in [5, 5.41) is 6.95. The molecule has 2 unspecified atom stereocenters. The molecule has 0 radical (unpaired) electrons. The molecule has 168 valence electrons. The second-order valence-electron chi connectivity index (χ2n) is 9.11. The molecule has 1 saturated carbocycles. The predicted octanol–water partition coefficient (Wildman–Crippen LogP) is 4.66. The summed E-state index contributed by atoms with van der Waals surface area (Å²) in [4.78, 5) is 26.9. The van der Waals surface area contributed by atoms with Crippen LogP contribution in [0.3, 0.4) is 0 Å². The molecule has 2 heterocycles. The monoisotopic (exact) mass is 429 g/mol. The Morgan fingerprint density at radius 1 is 1.19 bits per heavy atom. The number of aromatic nitrogens is 1. The zero-order valence-corrected chi connectivity index (χ0v) is 18.7. The molecule has 0 spiro atoms. The fourth-order valence-corrected chi connectivity index (χ4v) is 4.02. The Morgan fingerprint density at radius 3 is 2.42 bits per heavy atom. The Labute approximate surface area is 183 Å². The Kier molecular flexibility index (Phi) is 7.46. The summed E-state index contributed by atoms with van der Waals surface area (Å²) < 4.78 is 18.3. The van der Waals surface area contributed by atoms with Crippen LogP contribution >= 0.6 is 0 Å². The minimum Gasteiger partial charge on any atom is -0.355 e. The number of nitrogens with one attached hydrogen (secondary N) is 1. The SMILES string of the molecule is CC(C)C.CC1C(=O)NC(C2CCCC2)CN1C(=O)c1cc(-c2ccc(F)cc2)on1. The summed E-state index contributed by atoms with van der Waals surface area (Å²) >= 11 is 0. The normalized spacial score (nSPS) is 21.6. The van der Waals surface area contributed by atoms with E-state index in [9.17, 15) is 14.0 Å². The summed E-state index contributed by atoms with van der Waals surface area (Å²) in [6.07, 6.45) is 4.51. The third kappa shape index (κ3) is 5.71. The second-order valence-corrected chi connectivity index (χ2v) is 9.11. The van der Waals surface area contributed by atoms with Crippen molar-refractivity contribution in [3.8, 4) is 11.3 Å². The van der Waals surface area contributed by atoms with Crippen molar-refractivity contribution in [3.05, 3.63) is 41.8 Å². The molecule has 0 bridgehead atoms. The summed E-state index contributed by atoms with van der Waals surface area (Å²) in [5.74, 6) is 0.843. The number of carbonyl (C=O) groups is 2. The minimum absolute atomic E-state index is 0.0105. The van der Waals surface area contributed by atoms with E-state index in [0.717, 1.165) is 18.8 Å². The lowest BCUT2D eigenvalue weighted by molar-refractivity contribution is -0.129. The minimum atomic E-state index is -0.555. The smallest absolute Gasteiger partial charge is 0.276 e. The van der Waals surface area contributed by atoms with Gasteiger partial charge in [0.05, 0.1) is 0 Å². The molecule has 6 nitrogen and oxygen atoms in total. The van der Waals surface area contributed by atoms with Crippen LogP contribution in [0, 0.1) is 17.7 Å². The number of carbonyl (C=O) groups excluding carboxylic acids is 2. The molecular weight excluding hydrogens is 397 g/mol. The predicted molar refractivity (Wildman–Crippen MR) is 117 cm³/mol. The molecule has 1 aromatic heterocycles. The maximum atomic E-state index is 13.1. The standard InChI is InChI=1S/C20H22FN3O3.C4H10/c1-12-19(25)22-17(13-4-2-3-5-13)11-24(12)20(26)16-10-18(27-23-16)14-6-8-15(21)9-7-14;1-4(2)3/h6-10,12-13,17H,2-5,11H2,1H3,(H,22,25);4H,1-3H3. The first kappa shape index (κ1) is 23.0. The van der Waals surface area contributed by atoms with E-state index in [2.05, 4.69) is 31.2 Å². The lowest BCUT2D eigenvalue weighted by atomic mass is 9.94. The van der Waals surface area contributed by atoms with Crippen LogP contribution in [-0.4, -0.2) is 40.5 Å². The van der Waals surface area contributed by atoms with E-state index in [4.69, 9.17) is 4.52 Å². The topological polar surface area (TPSA) is 75.4 Å². The molecule has 1 aromatic carbocycles. The van der Waals surface area contributed by atoms with Crippen molar-refractivity contribution >= 4 is 11.8 Å². The van der Waals surface area contributed by atoms with E-state index in [1.54, 1.807) is 30.0 Å². The number of benzene rings is 1. The fraction of sp³-hybridized carbons (Fsp3) is 0.542. The van der Waals surface area contributed by atoms with E-state index < -0.39 is 6.04 Å². The quantitative estimate of drug-likeness (QED) is 0.770. The Morgan fingerprint density at radius 2 is 1.81 bits per heavy atom. The number of nitrogens with zero attached hydrogens (tertiary/aromatic N) is 2. The number of hydrogen-bond acceptors (Lipinski definition) is 4. The maximum Gasteiger partial charge on any atom is 0.276 e.